The Morgan fingerprint density at radius 3 is 2.25 bits per heavy atom. The molecule has 3 amide bonds. The van der Waals surface area contributed by atoms with Crippen LogP contribution in [0.4, 0.5) is 16.2 Å². The van der Waals surface area contributed by atoms with Crippen LogP contribution in [0.25, 0.3) is 0 Å². The maximum absolute atomic E-state index is 12.6. The Labute approximate surface area is 164 Å². The van der Waals surface area contributed by atoms with E-state index in [1.54, 1.807) is 13.2 Å². The van der Waals surface area contributed by atoms with Crippen molar-refractivity contribution in [3.05, 3.63) is 54.1 Å². The first kappa shape index (κ1) is 18.3. The minimum atomic E-state index is -0.251. The summed E-state index contributed by atoms with van der Waals surface area (Å²) < 4.78 is 5.21. The van der Waals surface area contributed by atoms with Gasteiger partial charge in [0.15, 0.2) is 0 Å². The van der Waals surface area contributed by atoms with Crippen LogP contribution < -0.4 is 20.7 Å². The molecule has 2 aliphatic carbocycles. The van der Waals surface area contributed by atoms with E-state index in [0.29, 0.717) is 17.3 Å². The van der Waals surface area contributed by atoms with Crippen LogP contribution in [-0.4, -0.2) is 19.0 Å². The summed E-state index contributed by atoms with van der Waals surface area (Å²) in [7, 11) is 1.64. The molecule has 0 radical (unpaired) electrons. The van der Waals surface area contributed by atoms with E-state index in [0.717, 1.165) is 37.0 Å². The predicted octanol–water partition coefficient (Wildman–Crippen LogP) is 4.32. The van der Waals surface area contributed by atoms with Gasteiger partial charge in [-0.2, -0.15) is 0 Å². The second kappa shape index (κ2) is 7.92. The van der Waals surface area contributed by atoms with Crippen molar-refractivity contribution in [2.24, 2.45) is 11.8 Å². The molecular weight excluding hydrogens is 354 g/mol. The number of nitrogens with one attached hydrogen (secondary N) is 3. The summed E-state index contributed by atoms with van der Waals surface area (Å²) in [6, 6.07) is 14.8. The summed E-state index contributed by atoms with van der Waals surface area (Å²) in [5.74, 6) is 1.45. The third kappa shape index (κ3) is 4.63. The predicted molar refractivity (Wildman–Crippen MR) is 108 cm³/mol. The first-order chi connectivity index (χ1) is 13.6. The fourth-order valence-electron chi connectivity index (χ4n) is 3.29. The van der Waals surface area contributed by atoms with Crippen molar-refractivity contribution in [1.29, 1.82) is 0 Å². The maximum Gasteiger partial charge on any atom is 0.319 e. The van der Waals surface area contributed by atoms with Gasteiger partial charge in [-0.15, -0.1) is 0 Å². The van der Waals surface area contributed by atoms with Gasteiger partial charge in [0.25, 0.3) is 0 Å². The van der Waals surface area contributed by atoms with Gasteiger partial charge >= 0.3 is 6.03 Å². The molecule has 6 nitrogen and oxygen atoms in total. The van der Waals surface area contributed by atoms with Crippen molar-refractivity contribution in [2.45, 2.75) is 31.7 Å². The molecule has 2 fully saturated rings. The fraction of sp³-hybridized carbons (Fsp3) is 0.364. The number of ether oxygens (including phenoxy) is 1. The highest BCUT2D eigenvalue weighted by atomic mass is 16.5. The minimum Gasteiger partial charge on any atom is -0.497 e. The Balaban J connectivity index is 1.38. The molecule has 6 heteroatoms. The molecule has 146 valence electrons. The lowest BCUT2D eigenvalue weighted by molar-refractivity contribution is -0.117. The van der Waals surface area contributed by atoms with Gasteiger partial charge < -0.3 is 20.7 Å². The number of anilines is 2. The summed E-state index contributed by atoms with van der Waals surface area (Å²) in [5.41, 5.74) is 2.42. The number of urea groups is 1. The summed E-state index contributed by atoms with van der Waals surface area (Å²) >= 11 is 0. The highest BCUT2D eigenvalue weighted by molar-refractivity contribution is 5.95. The van der Waals surface area contributed by atoms with Crippen LogP contribution in [0.5, 0.6) is 5.75 Å². The van der Waals surface area contributed by atoms with Crippen molar-refractivity contribution < 1.29 is 14.3 Å². The van der Waals surface area contributed by atoms with Crippen LogP contribution in [0.2, 0.25) is 0 Å². The summed E-state index contributed by atoms with van der Waals surface area (Å²) in [4.78, 5) is 24.5. The van der Waals surface area contributed by atoms with E-state index in [4.69, 9.17) is 4.74 Å². The van der Waals surface area contributed by atoms with E-state index in [1.807, 2.05) is 42.5 Å². The number of carbonyl (C=O) groups excluding carboxylic acids is 2. The Bertz CT molecular complexity index is 858. The maximum atomic E-state index is 12.6. The molecule has 1 unspecified atom stereocenters. The third-order valence-electron chi connectivity index (χ3n) is 5.19. The molecule has 2 aromatic rings. The Kier molecular flexibility index (Phi) is 5.19. The van der Waals surface area contributed by atoms with Gasteiger partial charge in [-0.05, 0) is 67.5 Å². The number of rotatable bonds is 7. The third-order valence-corrected chi connectivity index (χ3v) is 5.19. The molecule has 0 bridgehead atoms. The van der Waals surface area contributed by atoms with E-state index in [1.165, 1.54) is 0 Å². The van der Waals surface area contributed by atoms with Gasteiger partial charge in [0.2, 0.25) is 5.91 Å². The zero-order valence-electron chi connectivity index (χ0n) is 15.9. The topological polar surface area (TPSA) is 79.5 Å². The lowest BCUT2D eigenvalue weighted by Gasteiger charge is -2.20. The molecule has 0 heterocycles. The zero-order chi connectivity index (χ0) is 19.5. The fourth-order valence-corrected chi connectivity index (χ4v) is 3.29. The van der Waals surface area contributed by atoms with Gasteiger partial charge in [0.1, 0.15) is 5.75 Å². The van der Waals surface area contributed by atoms with Crippen LogP contribution in [0, 0.1) is 11.8 Å². The van der Waals surface area contributed by atoms with Gasteiger partial charge in [0.05, 0.1) is 13.2 Å². The number of hydrogen-bond acceptors (Lipinski definition) is 3. The second-order valence-corrected chi connectivity index (χ2v) is 7.53. The molecule has 2 aliphatic rings. The Morgan fingerprint density at radius 2 is 1.64 bits per heavy atom. The van der Waals surface area contributed by atoms with Crippen LogP contribution in [0.15, 0.2) is 48.5 Å². The molecular formula is C22H25N3O3. The molecule has 28 heavy (non-hydrogen) atoms. The largest absolute Gasteiger partial charge is 0.497 e. The lowest BCUT2D eigenvalue weighted by atomic mass is 10.0. The lowest BCUT2D eigenvalue weighted by Crippen LogP contribution is -2.33. The summed E-state index contributed by atoms with van der Waals surface area (Å²) in [6.07, 6.45) is 4.14. The number of hydrogen-bond donors (Lipinski definition) is 3. The monoisotopic (exact) mass is 379 g/mol. The van der Waals surface area contributed by atoms with Gasteiger partial charge in [-0.1, -0.05) is 18.2 Å². The normalized spacial score (nSPS) is 16.8. The smallest absolute Gasteiger partial charge is 0.319 e. The van der Waals surface area contributed by atoms with Crippen molar-refractivity contribution in [2.75, 3.05) is 17.7 Å². The number of benzene rings is 2. The van der Waals surface area contributed by atoms with E-state index < -0.39 is 0 Å². The second-order valence-electron chi connectivity index (χ2n) is 7.53. The van der Waals surface area contributed by atoms with Crippen molar-refractivity contribution in [3.8, 4) is 5.75 Å². The molecule has 3 N–H and O–H groups in total. The van der Waals surface area contributed by atoms with Gasteiger partial charge in [-0.25, -0.2) is 4.79 Å². The summed E-state index contributed by atoms with van der Waals surface area (Å²) in [5, 5.41) is 8.87. The van der Waals surface area contributed by atoms with Crippen LogP contribution in [0.1, 0.15) is 37.3 Å². The van der Waals surface area contributed by atoms with Crippen LogP contribution in [-0.2, 0) is 4.79 Å². The molecule has 0 aliphatic heterocycles. The highest BCUT2D eigenvalue weighted by Crippen LogP contribution is 2.41. The van der Waals surface area contributed by atoms with Crippen molar-refractivity contribution in [1.82, 2.24) is 5.32 Å². The van der Waals surface area contributed by atoms with E-state index in [-0.39, 0.29) is 23.9 Å². The first-order valence-corrected chi connectivity index (χ1v) is 9.75. The van der Waals surface area contributed by atoms with E-state index in [2.05, 4.69) is 16.0 Å². The molecule has 0 saturated heterocycles. The molecule has 2 aromatic carbocycles. The van der Waals surface area contributed by atoms with E-state index >= 15 is 0 Å². The molecule has 2 saturated carbocycles. The number of methoxy groups -OCH3 is 1. The van der Waals surface area contributed by atoms with Crippen LogP contribution >= 0.6 is 0 Å². The van der Waals surface area contributed by atoms with Gasteiger partial charge in [0, 0.05) is 17.3 Å². The van der Waals surface area contributed by atoms with Gasteiger partial charge in [-0.3, -0.25) is 4.79 Å². The Hall–Kier alpha value is -3.02. The van der Waals surface area contributed by atoms with Crippen molar-refractivity contribution >= 4 is 23.3 Å². The average Bonchev–Trinajstić information content (AvgIpc) is 3.58. The highest BCUT2D eigenvalue weighted by Gasteiger charge is 2.33. The number of carbonyl (C=O) groups is 2. The van der Waals surface area contributed by atoms with Crippen molar-refractivity contribution in [3.63, 3.8) is 0 Å². The number of amides is 3. The summed E-state index contributed by atoms with van der Waals surface area (Å²) in [6.45, 7) is 0. The quantitative estimate of drug-likeness (QED) is 0.670. The molecule has 1 atom stereocenters. The Morgan fingerprint density at radius 1 is 0.964 bits per heavy atom. The first-order valence-electron chi connectivity index (χ1n) is 9.75. The van der Waals surface area contributed by atoms with E-state index in [9.17, 15) is 9.59 Å². The average molecular weight is 379 g/mol. The SMILES string of the molecule is COc1ccc(C(NC(=O)Nc2cccc(NC(=O)C3CC3)c2)C2CC2)cc1. The molecule has 0 aromatic heterocycles. The standard InChI is InChI=1S/C22H25N3O3/c1-28-19-11-9-15(10-12-19)20(14-5-6-14)25-22(27)24-18-4-2-3-17(13-18)23-21(26)16-7-8-16/h2-4,9-14,16,20H,5-8H2,1H3,(H,23,26)(H2,24,25,27). The minimum absolute atomic E-state index is 0.0244. The van der Waals surface area contributed by atoms with Crippen LogP contribution in [0.3, 0.4) is 0 Å². The zero-order valence-corrected chi connectivity index (χ0v) is 15.9. The molecule has 0 spiro atoms. The molecule has 4 rings (SSSR count).